The maximum absolute atomic E-state index is 14.9. The number of nitro benzene ring substituents is 1. The van der Waals surface area contributed by atoms with E-state index >= 15 is 0 Å². The molecule has 0 unspecified atom stereocenters. The Hall–Kier alpha value is -3.50. The van der Waals surface area contributed by atoms with Crippen molar-refractivity contribution in [3.8, 4) is 17.1 Å². The van der Waals surface area contributed by atoms with E-state index in [4.69, 9.17) is 32.7 Å². The molecule has 0 saturated heterocycles. The van der Waals surface area contributed by atoms with Gasteiger partial charge in [0.2, 0.25) is 0 Å². The molecule has 0 aliphatic rings. The molecule has 3 rings (SSSR count). The summed E-state index contributed by atoms with van der Waals surface area (Å²) in [6, 6.07) is 8.76. The molecular weight excluding hydrogens is 490 g/mol. The van der Waals surface area contributed by atoms with Crippen LogP contribution in [0.15, 0.2) is 36.4 Å². The number of benzene rings is 2. The van der Waals surface area contributed by atoms with Crippen molar-refractivity contribution in [1.82, 2.24) is 9.97 Å². The zero-order valence-electron chi connectivity index (χ0n) is 18.7. The van der Waals surface area contributed by atoms with Gasteiger partial charge in [0.1, 0.15) is 10.8 Å². The third kappa shape index (κ3) is 5.70. The Balaban J connectivity index is 0.00000199. The van der Waals surface area contributed by atoms with E-state index in [1.54, 1.807) is 12.1 Å². The van der Waals surface area contributed by atoms with Gasteiger partial charge in [-0.2, -0.15) is 0 Å². The number of carbonyl (C=O) groups is 1. The smallest absolute Gasteiger partial charge is 0.358 e. The van der Waals surface area contributed by atoms with Crippen LogP contribution in [0.5, 0.6) is 5.75 Å². The van der Waals surface area contributed by atoms with Crippen LogP contribution >= 0.6 is 23.2 Å². The molecule has 1 heterocycles. The van der Waals surface area contributed by atoms with Crippen LogP contribution in [0.4, 0.5) is 15.9 Å². The van der Waals surface area contributed by atoms with E-state index < -0.39 is 16.7 Å². The monoisotopic (exact) mass is 510 g/mol. The topological polar surface area (TPSA) is 116 Å². The highest BCUT2D eigenvalue weighted by Crippen LogP contribution is 2.35. The van der Waals surface area contributed by atoms with Crippen LogP contribution in [0.3, 0.4) is 0 Å². The summed E-state index contributed by atoms with van der Waals surface area (Å²) >= 11 is 12.2. The lowest BCUT2D eigenvalue weighted by atomic mass is 10.1. The van der Waals surface area contributed by atoms with E-state index in [-0.39, 0.29) is 50.9 Å². The molecule has 0 spiro atoms. The minimum atomic E-state index is -0.881. The minimum Gasteiger partial charge on any atom is -0.492 e. The summed E-state index contributed by atoms with van der Waals surface area (Å²) < 4.78 is 24.6. The Bertz CT molecular complexity index is 1210. The lowest BCUT2D eigenvalue weighted by molar-refractivity contribution is -0.385. The van der Waals surface area contributed by atoms with E-state index in [1.165, 1.54) is 31.4 Å². The Labute approximate surface area is 205 Å². The number of nitro groups is 1. The second kappa shape index (κ2) is 12.1. The standard InChI is InChI=1S/C20H15Cl2FN4O5.C2H6/c1-31-17-12(21)8-7-11(15(17)23)18-25-16(20(28)32-2)14(22)19(26-18)24-9-10-5-3-4-6-13(10)27(29)30;1-2/h3-8H,9H2,1-2H3,(H,24,25,26);1-2H3. The number of para-hydroxylation sites is 1. The average molecular weight is 511 g/mol. The molecule has 1 N–H and O–H groups in total. The van der Waals surface area contributed by atoms with Crippen molar-refractivity contribution in [2.75, 3.05) is 19.5 Å². The fourth-order valence-corrected chi connectivity index (χ4v) is 3.28. The van der Waals surface area contributed by atoms with Crippen molar-refractivity contribution >= 4 is 40.7 Å². The van der Waals surface area contributed by atoms with Crippen molar-refractivity contribution in [3.05, 3.63) is 73.6 Å². The van der Waals surface area contributed by atoms with Crippen LogP contribution in [0.1, 0.15) is 29.9 Å². The Morgan fingerprint density at radius 1 is 1.15 bits per heavy atom. The van der Waals surface area contributed by atoms with Gasteiger partial charge in [-0.05, 0) is 12.1 Å². The van der Waals surface area contributed by atoms with Gasteiger partial charge in [-0.25, -0.2) is 19.2 Å². The van der Waals surface area contributed by atoms with Crippen molar-refractivity contribution in [3.63, 3.8) is 0 Å². The largest absolute Gasteiger partial charge is 0.492 e. The lowest BCUT2D eigenvalue weighted by Gasteiger charge is -2.14. The average Bonchev–Trinajstić information content (AvgIpc) is 2.84. The number of ether oxygens (including phenoxy) is 2. The summed E-state index contributed by atoms with van der Waals surface area (Å²) in [6.07, 6.45) is 0. The molecule has 12 heteroatoms. The first kappa shape index (κ1) is 26.7. The predicted molar refractivity (Wildman–Crippen MR) is 127 cm³/mol. The second-order valence-corrected chi connectivity index (χ2v) is 7.02. The van der Waals surface area contributed by atoms with Crippen LogP contribution in [0.25, 0.3) is 11.4 Å². The van der Waals surface area contributed by atoms with Crippen LogP contribution in [-0.2, 0) is 11.3 Å². The third-order valence-electron chi connectivity index (χ3n) is 4.36. The summed E-state index contributed by atoms with van der Waals surface area (Å²) in [5, 5.41) is 13.9. The van der Waals surface area contributed by atoms with E-state index in [1.807, 2.05) is 13.8 Å². The number of methoxy groups -OCH3 is 2. The summed E-state index contributed by atoms with van der Waals surface area (Å²) in [5.74, 6) is -2.20. The fourth-order valence-electron chi connectivity index (χ4n) is 2.83. The molecule has 9 nitrogen and oxygen atoms in total. The number of rotatable bonds is 7. The number of hydrogen-bond acceptors (Lipinski definition) is 8. The van der Waals surface area contributed by atoms with E-state index in [9.17, 15) is 19.3 Å². The molecule has 34 heavy (non-hydrogen) atoms. The second-order valence-electron chi connectivity index (χ2n) is 6.23. The number of carbonyl (C=O) groups excluding carboxylic acids is 1. The van der Waals surface area contributed by atoms with E-state index in [0.717, 1.165) is 7.11 Å². The molecule has 1 aromatic heterocycles. The van der Waals surface area contributed by atoms with Gasteiger partial charge in [-0.3, -0.25) is 10.1 Å². The summed E-state index contributed by atoms with van der Waals surface area (Å²) in [6.45, 7) is 3.94. The molecule has 0 fully saturated rings. The predicted octanol–water partition coefficient (Wildman–Crippen LogP) is 5.93. The van der Waals surface area contributed by atoms with Gasteiger partial charge in [0, 0.05) is 18.2 Å². The van der Waals surface area contributed by atoms with Crippen molar-refractivity contribution < 1.29 is 23.6 Å². The van der Waals surface area contributed by atoms with Gasteiger partial charge in [-0.1, -0.05) is 55.2 Å². The molecule has 0 aliphatic carbocycles. The molecule has 0 saturated carbocycles. The van der Waals surface area contributed by atoms with Gasteiger partial charge < -0.3 is 14.8 Å². The lowest BCUT2D eigenvalue weighted by Crippen LogP contribution is -2.12. The third-order valence-corrected chi connectivity index (χ3v) is 5.01. The molecule has 2 aromatic carbocycles. The Morgan fingerprint density at radius 2 is 1.82 bits per heavy atom. The first-order chi connectivity index (χ1) is 16.3. The molecule has 0 amide bonds. The summed E-state index contributed by atoms with van der Waals surface area (Å²) in [5.41, 5.74) is -0.209. The maximum Gasteiger partial charge on any atom is 0.358 e. The van der Waals surface area contributed by atoms with Crippen molar-refractivity contribution in [2.45, 2.75) is 20.4 Å². The number of aromatic nitrogens is 2. The first-order valence-corrected chi connectivity index (χ1v) is 10.7. The molecule has 3 aromatic rings. The van der Waals surface area contributed by atoms with Gasteiger partial charge in [0.15, 0.2) is 23.1 Å². The Morgan fingerprint density at radius 3 is 2.44 bits per heavy atom. The summed E-state index contributed by atoms with van der Waals surface area (Å²) in [7, 11) is 2.38. The van der Waals surface area contributed by atoms with Gasteiger partial charge in [-0.15, -0.1) is 0 Å². The van der Waals surface area contributed by atoms with Gasteiger partial charge in [0.05, 0.1) is 29.7 Å². The van der Waals surface area contributed by atoms with Gasteiger partial charge >= 0.3 is 5.97 Å². The molecule has 0 aliphatic heterocycles. The van der Waals surface area contributed by atoms with E-state index in [2.05, 4.69) is 15.3 Å². The normalized spacial score (nSPS) is 10.1. The fraction of sp³-hybridized carbons (Fsp3) is 0.227. The first-order valence-electron chi connectivity index (χ1n) is 9.92. The number of anilines is 1. The highest BCUT2D eigenvalue weighted by Gasteiger charge is 2.24. The van der Waals surface area contributed by atoms with Gasteiger partial charge in [0.25, 0.3) is 5.69 Å². The van der Waals surface area contributed by atoms with E-state index in [0.29, 0.717) is 5.56 Å². The highest BCUT2D eigenvalue weighted by molar-refractivity contribution is 6.35. The quantitative estimate of drug-likeness (QED) is 0.236. The molecule has 0 atom stereocenters. The summed E-state index contributed by atoms with van der Waals surface area (Å²) in [4.78, 5) is 31.2. The molecule has 0 radical (unpaired) electrons. The van der Waals surface area contributed by atoms with Crippen LogP contribution in [0, 0.1) is 15.9 Å². The number of esters is 1. The van der Waals surface area contributed by atoms with Crippen molar-refractivity contribution in [2.24, 2.45) is 0 Å². The van der Waals surface area contributed by atoms with Crippen LogP contribution < -0.4 is 10.1 Å². The maximum atomic E-state index is 14.9. The number of nitrogens with zero attached hydrogens (tertiary/aromatic N) is 3. The number of hydrogen-bond donors (Lipinski definition) is 1. The SMILES string of the molecule is CC.COC(=O)c1nc(-c2ccc(Cl)c(OC)c2F)nc(NCc2ccccc2[N+](=O)[O-])c1Cl. The minimum absolute atomic E-state index is 0.0330. The zero-order valence-corrected chi connectivity index (χ0v) is 20.2. The number of nitrogens with one attached hydrogen (secondary N) is 1. The molecular formula is C22H21Cl2FN4O5. The number of halogens is 3. The molecule has 0 bridgehead atoms. The van der Waals surface area contributed by atoms with Crippen LogP contribution in [0.2, 0.25) is 10.0 Å². The van der Waals surface area contributed by atoms with Crippen molar-refractivity contribution in [1.29, 1.82) is 0 Å². The molecule has 180 valence electrons. The van der Waals surface area contributed by atoms with Crippen LogP contribution in [-0.4, -0.2) is 35.1 Å². The highest BCUT2D eigenvalue weighted by atomic mass is 35.5. The zero-order chi connectivity index (χ0) is 25.4. The Kier molecular flexibility index (Phi) is 9.52.